The Labute approximate surface area is 110 Å². The van der Waals surface area contributed by atoms with Crippen LogP contribution in [0.15, 0.2) is 18.2 Å². The number of halogens is 1. The second-order valence-corrected chi connectivity index (χ2v) is 4.63. The first-order valence-corrected chi connectivity index (χ1v) is 5.84. The minimum absolute atomic E-state index is 0.0515. The molecule has 1 unspecified atom stereocenters. The van der Waals surface area contributed by atoms with Crippen molar-refractivity contribution in [2.24, 2.45) is 5.92 Å². The number of aliphatic carboxylic acids is 1. The lowest BCUT2D eigenvalue weighted by Crippen LogP contribution is -2.41. The summed E-state index contributed by atoms with van der Waals surface area (Å²) in [6, 6.07) is 2.32. The normalized spacial score (nSPS) is 12.2. The van der Waals surface area contributed by atoms with Gasteiger partial charge in [0, 0.05) is 0 Å². The highest BCUT2D eigenvalue weighted by Gasteiger charge is 2.24. The van der Waals surface area contributed by atoms with Gasteiger partial charge in [0.05, 0.1) is 0 Å². The van der Waals surface area contributed by atoms with Gasteiger partial charge in [0.15, 0.2) is 0 Å². The number of hydrogen-bond donors (Lipinski definition) is 3. The number of carboxylic acid groups (broad SMARTS) is 1. The lowest BCUT2D eigenvalue weighted by Gasteiger charge is -2.17. The van der Waals surface area contributed by atoms with E-state index in [1.54, 1.807) is 0 Å². The monoisotopic (exact) mass is 269 g/mol. The zero-order valence-electron chi connectivity index (χ0n) is 10.7. The Hall–Kier alpha value is -2.11. The predicted molar refractivity (Wildman–Crippen MR) is 66.4 cm³/mol. The third-order valence-electron chi connectivity index (χ3n) is 2.53. The molecular formula is C13H16FNO4. The molecule has 104 valence electrons. The number of amides is 1. The molecule has 0 spiro atoms. The van der Waals surface area contributed by atoms with Gasteiger partial charge in [-0.3, -0.25) is 4.79 Å². The molecule has 6 heteroatoms. The van der Waals surface area contributed by atoms with Gasteiger partial charge in [-0.1, -0.05) is 19.9 Å². The number of carboxylic acids is 1. The molecule has 1 atom stereocenters. The van der Waals surface area contributed by atoms with Crippen LogP contribution in [-0.4, -0.2) is 28.1 Å². The lowest BCUT2D eigenvalue weighted by molar-refractivity contribution is -0.139. The molecule has 0 fully saturated rings. The molecule has 0 aliphatic heterocycles. The molecule has 0 aliphatic carbocycles. The van der Waals surface area contributed by atoms with Crippen molar-refractivity contribution in [3.05, 3.63) is 29.6 Å². The van der Waals surface area contributed by atoms with Crippen LogP contribution in [0.5, 0.6) is 5.75 Å². The van der Waals surface area contributed by atoms with Crippen LogP contribution < -0.4 is 5.32 Å². The molecule has 1 rings (SSSR count). The molecule has 1 aromatic carbocycles. The summed E-state index contributed by atoms with van der Waals surface area (Å²) < 4.78 is 13.4. The zero-order chi connectivity index (χ0) is 14.6. The zero-order valence-corrected chi connectivity index (χ0v) is 10.7. The van der Waals surface area contributed by atoms with Crippen LogP contribution in [-0.2, 0) is 4.79 Å². The number of hydrogen-bond acceptors (Lipinski definition) is 3. The van der Waals surface area contributed by atoms with Crippen LogP contribution in [0.25, 0.3) is 0 Å². The van der Waals surface area contributed by atoms with E-state index in [0.29, 0.717) is 0 Å². The standard InChI is InChI=1S/C13H16FNO4/c1-7(2)6-9(13(18)19)15-12(17)11-8(14)4-3-5-10(11)16/h3-5,7,9,16H,6H2,1-2H3,(H,15,17)(H,18,19). The average molecular weight is 269 g/mol. The van der Waals surface area contributed by atoms with Crippen LogP contribution in [0, 0.1) is 11.7 Å². The fraction of sp³-hybridized carbons (Fsp3) is 0.385. The second kappa shape index (κ2) is 6.17. The summed E-state index contributed by atoms with van der Waals surface area (Å²) in [6.45, 7) is 3.62. The summed E-state index contributed by atoms with van der Waals surface area (Å²) in [4.78, 5) is 22.8. The fourth-order valence-corrected chi connectivity index (χ4v) is 1.66. The van der Waals surface area contributed by atoms with Gasteiger partial charge in [0.2, 0.25) is 0 Å². The molecule has 5 nitrogen and oxygen atoms in total. The van der Waals surface area contributed by atoms with Gasteiger partial charge in [-0.05, 0) is 24.5 Å². The van der Waals surface area contributed by atoms with Crippen molar-refractivity contribution in [2.45, 2.75) is 26.3 Å². The van der Waals surface area contributed by atoms with Crippen LogP contribution in [0.3, 0.4) is 0 Å². The van der Waals surface area contributed by atoms with E-state index in [-0.39, 0.29) is 12.3 Å². The van der Waals surface area contributed by atoms with E-state index in [4.69, 9.17) is 5.11 Å². The van der Waals surface area contributed by atoms with Crippen molar-refractivity contribution in [1.82, 2.24) is 5.32 Å². The number of rotatable bonds is 5. The van der Waals surface area contributed by atoms with E-state index in [1.807, 2.05) is 13.8 Å². The first-order chi connectivity index (χ1) is 8.82. The van der Waals surface area contributed by atoms with E-state index in [9.17, 15) is 19.1 Å². The first kappa shape index (κ1) is 14.9. The maximum Gasteiger partial charge on any atom is 0.326 e. The lowest BCUT2D eigenvalue weighted by atomic mass is 10.0. The van der Waals surface area contributed by atoms with Crippen molar-refractivity contribution >= 4 is 11.9 Å². The average Bonchev–Trinajstić information content (AvgIpc) is 2.27. The molecule has 0 saturated heterocycles. The van der Waals surface area contributed by atoms with Gasteiger partial charge in [0.1, 0.15) is 23.2 Å². The minimum Gasteiger partial charge on any atom is -0.507 e. The first-order valence-electron chi connectivity index (χ1n) is 5.84. The van der Waals surface area contributed by atoms with Crippen LogP contribution in [0.1, 0.15) is 30.6 Å². The van der Waals surface area contributed by atoms with Gasteiger partial charge >= 0.3 is 5.97 Å². The van der Waals surface area contributed by atoms with E-state index < -0.39 is 35.0 Å². The van der Waals surface area contributed by atoms with Crippen molar-refractivity contribution in [1.29, 1.82) is 0 Å². The highest BCUT2D eigenvalue weighted by molar-refractivity contribution is 5.99. The Morgan fingerprint density at radius 2 is 2.00 bits per heavy atom. The summed E-state index contributed by atoms with van der Waals surface area (Å²) in [5.41, 5.74) is -0.544. The van der Waals surface area contributed by atoms with Gasteiger partial charge in [-0.2, -0.15) is 0 Å². The molecule has 0 radical (unpaired) electrons. The summed E-state index contributed by atoms with van der Waals surface area (Å²) in [5.74, 6) is -3.51. The highest BCUT2D eigenvalue weighted by Crippen LogP contribution is 2.20. The molecule has 0 aliphatic rings. The van der Waals surface area contributed by atoms with E-state index in [2.05, 4.69) is 5.32 Å². The number of carbonyl (C=O) groups is 2. The molecule has 1 aromatic rings. The van der Waals surface area contributed by atoms with E-state index >= 15 is 0 Å². The number of carbonyl (C=O) groups excluding carboxylic acids is 1. The maximum atomic E-state index is 13.4. The molecule has 19 heavy (non-hydrogen) atoms. The summed E-state index contributed by atoms with van der Waals surface area (Å²) in [7, 11) is 0. The largest absolute Gasteiger partial charge is 0.507 e. The Morgan fingerprint density at radius 1 is 1.37 bits per heavy atom. The summed E-state index contributed by atoms with van der Waals surface area (Å²) >= 11 is 0. The van der Waals surface area contributed by atoms with Crippen molar-refractivity contribution in [3.8, 4) is 5.75 Å². The smallest absolute Gasteiger partial charge is 0.326 e. The van der Waals surface area contributed by atoms with Gasteiger partial charge in [0.25, 0.3) is 5.91 Å². The topological polar surface area (TPSA) is 86.6 Å². The van der Waals surface area contributed by atoms with Gasteiger partial charge in [-0.15, -0.1) is 0 Å². The number of nitrogens with one attached hydrogen (secondary N) is 1. The third kappa shape index (κ3) is 3.94. The quantitative estimate of drug-likeness (QED) is 0.760. The predicted octanol–water partition coefficient (Wildman–Crippen LogP) is 1.76. The molecule has 1 amide bonds. The SMILES string of the molecule is CC(C)CC(NC(=O)c1c(O)cccc1F)C(=O)O. The third-order valence-corrected chi connectivity index (χ3v) is 2.53. The number of aromatic hydroxyl groups is 1. The molecule has 0 saturated carbocycles. The van der Waals surface area contributed by atoms with Crippen molar-refractivity contribution in [2.75, 3.05) is 0 Å². The van der Waals surface area contributed by atoms with Crippen molar-refractivity contribution in [3.63, 3.8) is 0 Å². The van der Waals surface area contributed by atoms with Crippen LogP contribution in [0.2, 0.25) is 0 Å². The minimum atomic E-state index is -1.20. The Bertz CT molecular complexity index is 467. The van der Waals surface area contributed by atoms with Crippen LogP contribution >= 0.6 is 0 Å². The van der Waals surface area contributed by atoms with E-state index in [1.165, 1.54) is 6.07 Å². The summed E-state index contributed by atoms with van der Waals surface area (Å²) in [5, 5.41) is 20.6. The highest BCUT2D eigenvalue weighted by atomic mass is 19.1. The Kier molecular flexibility index (Phi) is 4.86. The number of phenols is 1. The maximum absolute atomic E-state index is 13.4. The van der Waals surface area contributed by atoms with Crippen LogP contribution in [0.4, 0.5) is 4.39 Å². The summed E-state index contributed by atoms with van der Waals surface area (Å²) in [6.07, 6.45) is 0.219. The number of benzene rings is 1. The molecule has 0 bridgehead atoms. The molecule has 0 aromatic heterocycles. The second-order valence-electron chi connectivity index (χ2n) is 4.63. The van der Waals surface area contributed by atoms with Gasteiger partial charge in [-0.25, -0.2) is 9.18 Å². The van der Waals surface area contributed by atoms with Crippen molar-refractivity contribution < 1.29 is 24.2 Å². The number of phenolic OH excluding ortho intramolecular Hbond substituents is 1. The van der Waals surface area contributed by atoms with Gasteiger partial charge < -0.3 is 15.5 Å². The molecular weight excluding hydrogens is 253 g/mol. The van der Waals surface area contributed by atoms with E-state index in [0.717, 1.165) is 12.1 Å². The fourth-order valence-electron chi connectivity index (χ4n) is 1.66. The Balaban J connectivity index is 2.91. The Morgan fingerprint density at radius 3 is 2.47 bits per heavy atom. The molecule has 3 N–H and O–H groups in total. The molecule has 0 heterocycles.